The number of rotatable bonds is 4. The summed E-state index contributed by atoms with van der Waals surface area (Å²) >= 11 is 0. The predicted octanol–water partition coefficient (Wildman–Crippen LogP) is 13.7. The Kier molecular flexibility index (Phi) is 4.53. The molecule has 0 atom stereocenters. The third-order valence-corrected chi connectivity index (χ3v) is 9.40. The Morgan fingerprint density at radius 1 is 0.367 bits per heavy atom. The molecule has 0 unspecified atom stereocenters. The predicted molar refractivity (Wildman–Crippen MR) is 208 cm³/mol. The van der Waals surface area contributed by atoms with Gasteiger partial charge in [-0.1, -0.05) is 158 Å². The van der Waals surface area contributed by atoms with Crippen molar-refractivity contribution < 1.29 is 16.8 Å². The van der Waals surface area contributed by atoms with Gasteiger partial charge in [-0.3, -0.25) is 0 Å². The first kappa shape index (κ1) is 20.0. The minimum Gasteiger partial charge on any atom is -0.456 e. The van der Waals surface area contributed by atoms with Gasteiger partial charge in [-0.05, 0) is 101 Å². The van der Waals surface area contributed by atoms with Gasteiger partial charge in [0.1, 0.15) is 11.2 Å². The van der Waals surface area contributed by atoms with E-state index in [1.165, 1.54) is 0 Å². The topological polar surface area (TPSA) is 13.1 Å². The SMILES string of the molecule is [2H]c1c([2H])c([2H])c(-c2ccc3oc4cccc(-c5c6ccccc6c(-c6c([2H])c([2H])c(-c7ccc8ccccc8c7)c([2H])c6[2H])c6ccccc56)c4c3c2)c([2H])c1[2H]. The van der Waals surface area contributed by atoms with Crippen molar-refractivity contribution in [2.24, 2.45) is 0 Å². The van der Waals surface area contributed by atoms with Gasteiger partial charge in [-0.25, -0.2) is 0 Å². The van der Waals surface area contributed by atoms with E-state index in [9.17, 15) is 5.48 Å². The molecule has 1 heteroatoms. The fourth-order valence-corrected chi connectivity index (χ4v) is 7.20. The number of benzene rings is 9. The summed E-state index contributed by atoms with van der Waals surface area (Å²) in [7, 11) is 0. The van der Waals surface area contributed by atoms with E-state index in [0.717, 1.165) is 48.8 Å². The summed E-state index contributed by atoms with van der Waals surface area (Å²) in [6.45, 7) is 0. The van der Waals surface area contributed by atoms with Gasteiger partial charge in [-0.2, -0.15) is 0 Å². The Morgan fingerprint density at radius 2 is 0.959 bits per heavy atom. The van der Waals surface area contributed by atoms with E-state index in [0.29, 0.717) is 33.2 Å². The van der Waals surface area contributed by atoms with Gasteiger partial charge in [0, 0.05) is 10.8 Å². The molecule has 0 amide bonds. The molecule has 228 valence electrons. The molecular formula is C48H30O. The van der Waals surface area contributed by atoms with Crippen molar-refractivity contribution in [3.63, 3.8) is 0 Å². The van der Waals surface area contributed by atoms with Gasteiger partial charge in [-0.15, -0.1) is 0 Å². The number of hydrogen-bond acceptors (Lipinski definition) is 1. The largest absolute Gasteiger partial charge is 0.456 e. The van der Waals surface area contributed by atoms with E-state index >= 15 is 0 Å². The van der Waals surface area contributed by atoms with Gasteiger partial charge in [0.05, 0.1) is 12.3 Å². The number of fused-ring (bicyclic) bond motifs is 6. The van der Waals surface area contributed by atoms with Gasteiger partial charge in [0.15, 0.2) is 0 Å². The highest BCUT2D eigenvalue weighted by molar-refractivity contribution is 6.25. The van der Waals surface area contributed by atoms with Crippen molar-refractivity contribution in [1.82, 2.24) is 0 Å². The van der Waals surface area contributed by atoms with E-state index in [4.69, 9.17) is 11.3 Å². The lowest BCUT2D eigenvalue weighted by Gasteiger charge is -2.18. The van der Waals surface area contributed by atoms with Gasteiger partial charge in [0.25, 0.3) is 0 Å². The van der Waals surface area contributed by atoms with E-state index in [-0.39, 0.29) is 52.9 Å². The van der Waals surface area contributed by atoms with E-state index in [2.05, 4.69) is 0 Å². The van der Waals surface area contributed by atoms with E-state index in [1.54, 1.807) is 12.1 Å². The Labute approximate surface area is 297 Å². The molecule has 0 aliphatic rings. The monoisotopic (exact) mass is 631 g/mol. The van der Waals surface area contributed by atoms with E-state index in [1.807, 2.05) is 115 Å². The van der Waals surface area contributed by atoms with Gasteiger partial charge < -0.3 is 4.42 Å². The average molecular weight is 632 g/mol. The smallest absolute Gasteiger partial charge is 0.136 e. The van der Waals surface area contributed by atoms with Crippen LogP contribution in [0.3, 0.4) is 0 Å². The van der Waals surface area contributed by atoms with Crippen molar-refractivity contribution in [3.05, 3.63) is 182 Å². The van der Waals surface area contributed by atoms with Crippen molar-refractivity contribution in [1.29, 1.82) is 0 Å². The summed E-state index contributed by atoms with van der Waals surface area (Å²) in [6.07, 6.45) is 0. The third kappa shape index (κ3) is 4.47. The highest BCUT2D eigenvalue weighted by Crippen LogP contribution is 2.47. The van der Waals surface area contributed by atoms with Crippen LogP contribution in [0, 0.1) is 0 Å². The number of furan rings is 1. The molecule has 0 spiro atoms. The van der Waals surface area contributed by atoms with Crippen LogP contribution in [0.1, 0.15) is 12.3 Å². The lowest BCUT2D eigenvalue weighted by molar-refractivity contribution is 0.669. The lowest BCUT2D eigenvalue weighted by Crippen LogP contribution is -1.91. The highest BCUT2D eigenvalue weighted by atomic mass is 16.3. The first-order chi connectivity index (χ1) is 28.0. The summed E-state index contributed by atoms with van der Waals surface area (Å²) in [4.78, 5) is 0. The summed E-state index contributed by atoms with van der Waals surface area (Å²) < 4.78 is 85.9. The average Bonchev–Trinajstić information content (AvgIpc) is 3.63. The molecular weight excluding hydrogens is 593 g/mol. The molecule has 0 saturated heterocycles. The second-order valence-electron chi connectivity index (χ2n) is 12.1. The molecule has 0 N–H and O–H groups in total. The van der Waals surface area contributed by atoms with Crippen LogP contribution in [0.25, 0.3) is 98.8 Å². The van der Waals surface area contributed by atoms with Crippen molar-refractivity contribution in [2.45, 2.75) is 0 Å². The molecule has 9 aromatic carbocycles. The van der Waals surface area contributed by atoms with Crippen LogP contribution >= 0.6 is 0 Å². The highest BCUT2D eigenvalue weighted by Gasteiger charge is 2.20. The molecule has 0 aliphatic carbocycles. The molecule has 10 rings (SSSR count). The first-order valence-corrected chi connectivity index (χ1v) is 16.1. The molecule has 10 aromatic rings. The summed E-state index contributed by atoms with van der Waals surface area (Å²) in [5.74, 6) is 0. The molecule has 1 heterocycles. The van der Waals surface area contributed by atoms with Crippen LogP contribution in [0.2, 0.25) is 0 Å². The maximum atomic E-state index is 9.46. The Morgan fingerprint density at radius 3 is 1.69 bits per heavy atom. The van der Waals surface area contributed by atoms with Gasteiger partial charge in [0.2, 0.25) is 0 Å². The first-order valence-electron chi connectivity index (χ1n) is 20.6. The molecule has 1 aromatic heterocycles. The molecule has 49 heavy (non-hydrogen) atoms. The second kappa shape index (κ2) is 11.1. The quantitative estimate of drug-likeness (QED) is 0.176. The van der Waals surface area contributed by atoms with Crippen LogP contribution in [0.5, 0.6) is 0 Å². The molecule has 0 radical (unpaired) electrons. The minimum absolute atomic E-state index is 0.103. The molecule has 0 fully saturated rings. The summed E-state index contributed by atoms with van der Waals surface area (Å²) in [5.41, 5.74) is 5.12. The van der Waals surface area contributed by atoms with Crippen LogP contribution in [-0.2, 0) is 0 Å². The number of hydrogen-bond donors (Lipinski definition) is 0. The van der Waals surface area contributed by atoms with Crippen LogP contribution in [0.4, 0.5) is 0 Å². The standard InChI is InChI=1S/C48H30O/c1-2-11-31(12-3-1)37-27-28-44-43(30-37)48-42(19-10-20-45(48)49-44)47-40-17-8-6-15-38(40)46(39-16-7-9-18-41(39)47)34-24-21-33(22-25-34)36-26-23-32-13-4-5-14-35(32)29-36/h1-30H/i1D,2D,3D,11D,12D,21D,22D,24D,25D. The minimum atomic E-state index is -0.452. The molecule has 1 nitrogen and oxygen atoms in total. The van der Waals surface area contributed by atoms with Gasteiger partial charge >= 0.3 is 0 Å². The summed E-state index contributed by atoms with van der Waals surface area (Å²) in [5, 5.41) is 6.60. The molecule has 0 bridgehead atoms. The van der Waals surface area contributed by atoms with Crippen LogP contribution < -0.4 is 0 Å². The fourth-order valence-electron chi connectivity index (χ4n) is 7.20. The second-order valence-corrected chi connectivity index (χ2v) is 12.1. The zero-order valence-corrected chi connectivity index (χ0v) is 26.0. The molecule has 0 saturated carbocycles. The Hall–Kier alpha value is -6.44. The third-order valence-electron chi connectivity index (χ3n) is 9.40. The normalized spacial score (nSPS) is 14.2. The van der Waals surface area contributed by atoms with Crippen molar-refractivity contribution >= 4 is 54.3 Å². The van der Waals surface area contributed by atoms with Crippen LogP contribution in [-0.4, -0.2) is 0 Å². The Balaban J connectivity index is 1.25. The summed E-state index contributed by atoms with van der Waals surface area (Å²) in [6, 6.07) is 37.9. The maximum absolute atomic E-state index is 9.46. The van der Waals surface area contributed by atoms with E-state index < -0.39 is 18.1 Å². The lowest BCUT2D eigenvalue weighted by atomic mass is 9.84. The fraction of sp³-hybridized carbons (Fsp3) is 0. The maximum Gasteiger partial charge on any atom is 0.136 e. The van der Waals surface area contributed by atoms with Crippen molar-refractivity contribution in [3.8, 4) is 44.5 Å². The van der Waals surface area contributed by atoms with Crippen molar-refractivity contribution in [2.75, 3.05) is 0 Å². The Bertz CT molecular complexity index is 3290. The van der Waals surface area contributed by atoms with Crippen LogP contribution in [0.15, 0.2) is 186 Å². The zero-order valence-electron chi connectivity index (χ0n) is 35.0. The zero-order chi connectivity index (χ0) is 40.1. The molecule has 0 aliphatic heterocycles.